The quantitative estimate of drug-likeness (QED) is 0.686. The minimum absolute atomic E-state index is 0.178. The second-order valence-corrected chi connectivity index (χ2v) is 2.84. The lowest BCUT2D eigenvalue weighted by molar-refractivity contribution is -0.125. The average Bonchev–Trinajstić information content (AvgIpc) is 2.35. The first-order valence-corrected chi connectivity index (χ1v) is 3.78. The number of ketones is 1. The zero-order valence-corrected chi connectivity index (χ0v) is 7.19. The van der Waals surface area contributed by atoms with Crippen LogP contribution in [0.1, 0.15) is 12.5 Å². The summed E-state index contributed by atoms with van der Waals surface area (Å²) in [6.07, 6.45) is 2.76. The van der Waals surface area contributed by atoms with Crippen LogP contribution in [-0.2, 0) is 18.3 Å². The fraction of sp³-hybridized carbons (Fsp3) is 0.500. The fourth-order valence-electron chi connectivity index (χ4n) is 0.912. The van der Waals surface area contributed by atoms with E-state index in [-0.39, 0.29) is 12.2 Å². The predicted octanol–water partition coefficient (Wildman–Crippen LogP) is -0.0875. The lowest BCUT2D eigenvalue weighted by Gasteiger charge is -1.99. The molecule has 0 radical (unpaired) electrons. The summed E-state index contributed by atoms with van der Waals surface area (Å²) in [5.74, 6) is -0.178. The summed E-state index contributed by atoms with van der Waals surface area (Å²) in [6, 6.07) is 0. The molecule has 0 amide bonds. The maximum Gasteiger partial charge on any atom is 0.165 e. The summed E-state index contributed by atoms with van der Waals surface area (Å²) in [5, 5.41) is 12.8. The van der Waals surface area contributed by atoms with E-state index < -0.39 is 6.10 Å². The summed E-state index contributed by atoms with van der Waals surface area (Å²) >= 11 is 0. The number of aliphatic hydroxyl groups excluding tert-OH is 1. The van der Waals surface area contributed by atoms with Crippen molar-refractivity contribution in [3.05, 3.63) is 18.0 Å². The van der Waals surface area contributed by atoms with E-state index in [4.69, 9.17) is 5.11 Å². The highest BCUT2D eigenvalue weighted by Crippen LogP contribution is 2.00. The van der Waals surface area contributed by atoms with Gasteiger partial charge in [-0.3, -0.25) is 9.48 Å². The summed E-state index contributed by atoms with van der Waals surface area (Å²) in [7, 11) is 1.79. The number of carbonyl (C=O) groups excluding carboxylic acids is 1. The molecule has 1 atom stereocenters. The van der Waals surface area contributed by atoms with Crippen LogP contribution in [-0.4, -0.2) is 26.8 Å². The standard InChI is InChI=1S/C8H12N2O2/c1-6(11)8(12)3-7-4-9-10(2)5-7/h4-6,11H,3H2,1-2H3. The Morgan fingerprint density at radius 1 is 1.83 bits per heavy atom. The lowest BCUT2D eigenvalue weighted by atomic mass is 10.1. The second-order valence-electron chi connectivity index (χ2n) is 2.84. The van der Waals surface area contributed by atoms with Gasteiger partial charge in [-0.15, -0.1) is 0 Å². The number of rotatable bonds is 3. The molecule has 0 aromatic carbocycles. The molecule has 1 rings (SSSR count). The summed E-state index contributed by atoms with van der Waals surface area (Å²) in [4.78, 5) is 11.0. The first-order chi connectivity index (χ1) is 5.59. The Morgan fingerprint density at radius 2 is 2.50 bits per heavy atom. The maximum atomic E-state index is 11.0. The van der Waals surface area contributed by atoms with Gasteiger partial charge in [0.05, 0.1) is 6.20 Å². The third kappa shape index (κ3) is 2.17. The average molecular weight is 168 g/mol. The molecule has 1 N–H and O–H groups in total. The van der Waals surface area contributed by atoms with Gasteiger partial charge in [0.25, 0.3) is 0 Å². The number of aliphatic hydroxyl groups is 1. The number of carbonyl (C=O) groups is 1. The van der Waals surface area contributed by atoms with Crippen LogP contribution in [0, 0.1) is 0 Å². The van der Waals surface area contributed by atoms with Crippen molar-refractivity contribution in [2.75, 3.05) is 0 Å². The number of aromatic nitrogens is 2. The smallest absolute Gasteiger partial charge is 0.165 e. The molecule has 0 saturated carbocycles. The highest BCUT2D eigenvalue weighted by Gasteiger charge is 2.10. The van der Waals surface area contributed by atoms with Crippen LogP contribution in [0.25, 0.3) is 0 Å². The Balaban J connectivity index is 2.58. The monoisotopic (exact) mass is 168 g/mol. The van der Waals surface area contributed by atoms with Crippen LogP contribution in [0.4, 0.5) is 0 Å². The van der Waals surface area contributed by atoms with Crippen molar-refractivity contribution in [2.24, 2.45) is 7.05 Å². The zero-order valence-electron chi connectivity index (χ0n) is 7.19. The number of hydrogen-bond donors (Lipinski definition) is 1. The number of nitrogens with zero attached hydrogens (tertiary/aromatic N) is 2. The molecule has 0 saturated heterocycles. The van der Waals surface area contributed by atoms with Crippen molar-refractivity contribution in [2.45, 2.75) is 19.4 Å². The Morgan fingerprint density at radius 3 is 2.92 bits per heavy atom. The summed E-state index contributed by atoms with van der Waals surface area (Å²) in [5.41, 5.74) is 0.836. The van der Waals surface area contributed by atoms with Gasteiger partial charge in [0, 0.05) is 19.7 Å². The molecular formula is C8H12N2O2. The molecule has 0 aliphatic heterocycles. The Hall–Kier alpha value is -1.16. The van der Waals surface area contributed by atoms with Gasteiger partial charge in [-0.1, -0.05) is 0 Å². The van der Waals surface area contributed by atoms with E-state index in [2.05, 4.69) is 5.10 Å². The van der Waals surface area contributed by atoms with Crippen LogP contribution >= 0.6 is 0 Å². The minimum Gasteiger partial charge on any atom is -0.386 e. The highest BCUT2D eigenvalue weighted by molar-refractivity contribution is 5.84. The first-order valence-electron chi connectivity index (χ1n) is 3.78. The largest absolute Gasteiger partial charge is 0.386 e. The van der Waals surface area contributed by atoms with E-state index in [0.717, 1.165) is 5.56 Å². The van der Waals surface area contributed by atoms with E-state index in [1.165, 1.54) is 6.92 Å². The van der Waals surface area contributed by atoms with Crippen molar-refractivity contribution in [1.29, 1.82) is 0 Å². The van der Waals surface area contributed by atoms with Gasteiger partial charge < -0.3 is 5.11 Å². The SMILES string of the molecule is CC(O)C(=O)Cc1cnn(C)c1. The first kappa shape index (κ1) is 8.93. The molecule has 1 heterocycles. The number of aryl methyl sites for hydroxylation is 1. The van der Waals surface area contributed by atoms with Crippen LogP contribution in [0.3, 0.4) is 0 Å². The van der Waals surface area contributed by atoms with Crippen LogP contribution in [0.5, 0.6) is 0 Å². The fourth-order valence-corrected chi connectivity index (χ4v) is 0.912. The molecule has 0 aliphatic carbocycles. The van der Waals surface area contributed by atoms with Crippen molar-refractivity contribution >= 4 is 5.78 Å². The minimum atomic E-state index is -0.884. The molecule has 12 heavy (non-hydrogen) atoms. The molecule has 66 valence electrons. The molecule has 1 aromatic rings. The van der Waals surface area contributed by atoms with E-state index >= 15 is 0 Å². The Kier molecular flexibility index (Phi) is 2.60. The number of hydrogen-bond acceptors (Lipinski definition) is 3. The molecule has 4 heteroatoms. The van der Waals surface area contributed by atoms with Crippen LogP contribution in [0.15, 0.2) is 12.4 Å². The second kappa shape index (κ2) is 3.49. The van der Waals surface area contributed by atoms with Crippen LogP contribution in [0.2, 0.25) is 0 Å². The third-order valence-electron chi connectivity index (χ3n) is 1.60. The number of Topliss-reactive ketones (excluding diaryl/α,β-unsaturated/α-hetero) is 1. The lowest BCUT2D eigenvalue weighted by Crippen LogP contribution is -2.17. The highest BCUT2D eigenvalue weighted by atomic mass is 16.3. The molecule has 1 aromatic heterocycles. The zero-order chi connectivity index (χ0) is 9.14. The molecule has 0 bridgehead atoms. The molecule has 0 spiro atoms. The Bertz CT molecular complexity index is 278. The van der Waals surface area contributed by atoms with Gasteiger partial charge >= 0.3 is 0 Å². The molecule has 1 unspecified atom stereocenters. The van der Waals surface area contributed by atoms with E-state index in [0.29, 0.717) is 0 Å². The van der Waals surface area contributed by atoms with E-state index in [9.17, 15) is 4.79 Å². The summed E-state index contributed by atoms with van der Waals surface area (Å²) in [6.45, 7) is 1.47. The summed E-state index contributed by atoms with van der Waals surface area (Å²) < 4.78 is 1.63. The molecule has 4 nitrogen and oxygen atoms in total. The normalized spacial score (nSPS) is 12.9. The van der Waals surface area contributed by atoms with E-state index in [1.807, 2.05) is 0 Å². The van der Waals surface area contributed by atoms with E-state index in [1.54, 1.807) is 24.1 Å². The van der Waals surface area contributed by atoms with Gasteiger partial charge in [-0.2, -0.15) is 5.10 Å². The van der Waals surface area contributed by atoms with Gasteiger partial charge in [0.1, 0.15) is 6.10 Å². The van der Waals surface area contributed by atoms with Crippen molar-refractivity contribution in [3.63, 3.8) is 0 Å². The Labute approximate surface area is 70.8 Å². The van der Waals surface area contributed by atoms with Crippen molar-refractivity contribution in [1.82, 2.24) is 9.78 Å². The van der Waals surface area contributed by atoms with Crippen LogP contribution < -0.4 is 0 Å². The molecule has 0 aliphatic rings. The van der Waals surface area contributed by atoms with Crippen molar-refractivity contribution < 1.29 is 9.90 Å². The molecular weight excluding hydrogens is 156 g/mol. The topological polar surface area (TPSA) is 55.1 Å². The predicted molar refractivity (Wildman–Crippen MR) is 43.6 cm³/mol. The van der Waals surface area contributed by atoms with Gasteiger partial charge in [0.2, 0.25) is 0 Å². The molecule has 0 fully saturated rings. The maximum absolute atomic E-state index is 11.0. The third-order valence-corrected chi connectivity index (χ3v) is 1.60. The van der Waals surface area contributed by atoms with Gasteiger partial charge in [-0.25, -0.2) is 0 Å². The van der Waals surface area contributed by atoms with Crippen molar-refractivity contribution in [3.8, 4) is 0 Å². The van der Waals surface area contributed by atoms with Gasteiger partial charge in [0.15, 0.2) is 5.78 Å². The van der Waals surface area contributed by atoms with Gasteiger partial charge in [-0.05, 0) is 12.5 Å².